The first kappa shape index (κ1) is 13.3. The van der Waals surface area contributed by atoms with Crippen LogP contribution >= 0.6 is 0 Å². The van der Waals surface area contributed by atoms with Gasteiger partial charge in [-0.1, -0.05) is 32.0 Å². The Hall–Kier alpha value is -2.16. The summed E-state index contributed by atoms with van der Waals surface area (Å²) in [6.45, 7) is 3.95. The Kier molecular flexibility index (Phi) is 3.65. The number of aromatic hydroxyl groups is 3. The number of rotatable bonds is 3. The molecule has 3 nitrogen and oxygen atoms in total. The van der Waals surface area contributed by atoms with Crippen molar-refractivity contribution in [3.05, 3.63) is 53.6 Å². The van der Waals surface area contributed by atoms with Crippen LogP contribution in [-0.2, 0) is 0 Å². The molecule has 3 N–H and O–H groups in total. The molecule has 2 unspecified atom stereocenters. The third-order valence-electron chi connectivity index (χ3n) is 3.68. The fourth-order valence-corrected chi connectivity index (χ4v) is 2.32. The lowest BCUT2D eigenvalue weighted by Crippen LogP contribution is -2.05. The summed E-state index contributed by atoms with van der Waals surface area (Å²) in [7, 11) is 0. The van der Waals surface area contributed by atoms with Crippen molar-refractivity contribution < 1.29 is 15.3 Å². The van der Waals surface area contributed by atoms with Crippen molar-refractivity contribution in [1.82, 2.24) is 0 Å². The van der Waals surface area contributed by atoms with Crippen molar-refractivity contribution in [2.24, 2.45) is 0 Å². The average Bonchev–Trinajstić information content (AvgIpc) is 2.40. The highest BCUT2D eigenvalue weighted by Crippen LogP contribution is 2.40. The van der Waals surface area contributed by atoms with Crippen molar-refractivity contribution in [2.45, 2.75) is 25.7 Å². The molecule has 0 radical (unpaired) electrons. The second-order valence-electron chi connectivity index (χ2n) is 4.88. The molecule has 0 aliphatic carbocycles. The van der Waals surface area contributed by atoms with E-state index in [0.717, 1.165) is 5.56 Å². The predicted octanol–water partition coefficient (Wildman–Crippen LogP) is 3.71. The van der Waals surface area contributed by atoms with Gasteiger partial charge in [-0.15, -0.1) is 0 Å². The zero-order valence-corrected chi connectivity index (χ0v) is 11.0. The Morgan fingerprint density at radius 2 is 1.32 bits per heavy atom. The number of phenols is 3. The maximum absolute atomic E-state index is 9.90. The van der Waals surface area contributed by atoms with Gasteiger partial charge in [-0.3, -0.25) is 0 Å². The van der Waals surface area contributed by atoms with Gasteiger partial charge in [0.1, 0.15) is 17.2 Å². The fraction of sp³-hybridized carbons (Fsp3) is 0.250. The van der Waals surface area contributed by atoms with Gasteiger partial charge < -0.3 is 15.3 Å². The normalized spacial score (nSPS) is 14.0. The van der Waals surface area contributed by atoms with E-state index in [1.807, 2.05) is 26.0 Å². The minimum Gasteiger partial charge on any atom is -0.508 e. The van der Waals surface area contributed by atoms with Crippen molar-refractivity contribution in [3.63, 3.8) is 0 Å². The van der Waals surface area contributed by atoms with Crippen LogP contribution in [0.5, 0.6) is 17.2 Å². The van der Waals surface area contributed by atoms with E-state index in [9.17, 15) is 15.3 Å². The Balaban J connectivity index is 2.36. The zero-order valence-electron chi connectivity index (χ0n) is 11.0. The molecule has 0 saturated carbocycles. The Bertz CT molecular complexity index is 578. The van der Waals surface area contributed by atoms with Crippen molar-refractivity contribution in [2.75, 3.05) is 0 Å². The first-order chi connectivity index (χ1) is 9.00. The zero-order chi connectivity index (χ0) is 14.0. The van der Waals surface area contributed by atoms with Crippen LogP contribution in [0.2, 0.25) is 0 Å². The molecule has 0 aliphatic heterocycles. The molecule has 0 heterocycles. The van der Waals surface area contributed by atoms with E-state index in [4.69, 9.17) is 0 Å². The number of para-hydroxylation sites is 1. The quantitative estimate of drug-likeness (QED) is 0.735. The van der Waals surface area contributed by atoms with Crippen LogP contribution in [0.15, 0.2) is 42.5 Å². The van der Waals surface area contributed by atoms with Crippen molar-refractivity contribution in [3.8, 4) is 17.2 Å². The van der Waals surface area contributed by atoms with E-state index in [0.29, 0.717) is 5.56 Å². The Morgan fingerprint density at radius 3 is 2.00 bits per heavy atom. The van der Waals surface area contributed by atoms with E-state index < -0.39 is 0 Å². The summed E-state index contributed by atoms with van der Waals surface area (Å²) in [4.78, 5) is 0. The molecule has 0 aromatic heterocycles. The molecule has 0 spiro atoms. The molecule has 0 amide bonds. The summed E-state index contributed by atoms with van der Waals surface area (Å²) in [6.07, 6.45) is 0. The highest BCUT2D eigenvalue weighted by atomic mass is 16.3. The van der Waals surface area contributed by atoms with Gasteiger partial charge in [0.15, 0.2) is 0 Å². The van der Waals surface area contributed by atoms with Crippen LogP contribution in [0.3, 0.4) is 0 Å². The molecule has 0 bridgehead atoms. The molecule has 0 saturated heterocycles. The lowest BCUT2D eigenvalue weighted by molar-refractivity contribution is 0.437. The van der Waals surface area contributed by atoms with Crippen molar-refractivity contribution in [1.29, 1.82) is 0 Å². The number of phenolic OH excluding ortho intramolecular Hbond substituents is 3. The van der Waals surface area contributed by atoms with E-state index in [2.05, 4.69) is 0 Å². The van der Waals surface area contributed by atoms with Gasteiger partial charge in [0, 0.05) is 5.56 Å². The Labute approximate surface area is 112 Å². The summed E-state index contributed by atoms with van der Waals surface area (Å²) in [5, 5.41) is 29.3. The molecular formula is C16H18O3. The van der Waals surface area contributed by atoms with Gasteiger partial charge in [-0.2, -0.15) is 0 Å². The molecule has 2 rings (SSSR count). The lowest BCUT2D eigenvalue weighted by Gasteiger charge is -2.22. The molecule has 19 heavy (non-hydrogen) atoms. The van der Waals surface area contributed by atoms with Crippen LogP contribution in [-0.4, -0.2) is 15.3 Å². The highest BCUT2D eigenvalue weighted by molar-refractivity contribution is 5.44. The number of hydrogen-bond donors (Lipinski definition) is 3. The lowest BCUT2D eigenvalue weighted by atomic mass is 9.83. The van der Waals surface area contributed by atoms with Gasteiger partial charge in [-0.25, -0.2) is 0 Å². The Morgan fingerprint density at radius 1 is 0.737 bits per heavy atom. The van der Waals surface area contributed by atoms with Crippen LogP contribution < -0.4 is 0 Å². The van der Waals surface area contributed by atoms with E-state index in [1.165, 1.54) is 12.1 Å². The molecule has 0 fully saturated rings. The van der Waals surface area contributed by atoms with E-state index >= 15 is 0 Å². The van der Waals surface area contributed by atoms with Gasteiger partial charge in [0.05, 0.1) is 0 Å². The molecular weight excluding hydrogens is 240 g/mol. The number of hydrogen-bond acceptors (Lipinski definition) is 3. The maximum atomic E-state index is 9.90. The smallest absolute Gasteiger partial charge is 0.119 e. The minimum absolute atomic E-state index is 0.0221. The molecule has 2 atom stereocenters. The van der Waals surface area contributed by atoms with Crippen LogP contribution in [0.1, 0.15) is 36.8 Å². The fourth-order valence-electron chi connectivity index (χ4n) is 2.32. The predicted molar refractivity (Wildman–Crippen MR) is 74.7 cm³/mol. The summed E-state index contributed by atoms with van der Waals surface area (Å²) >= 11 is 0. The second kappa shape index (κ2) is 5.22. The SMILES string of the molecule is CC(c1ccccc1O)C(C)c1cc(O)ccc1O. The molecule has 100 valence electrons. The van der Waals surface area contributed by atoms with Crippen LogP contribution in [0, 0.1) is 0 Å². The number of benzene rings is 2. The summed E-state index contributed by atoms with van der Waals surface area (Å²) in [5.74, 6) is 0.535. The van der Waals surface area contributed by atoms with Gasteiger partial charge in [-0.05, 0) is 41.7 Å². The standard InChI is InChI=1S/C16H18O3/c1-10(13-5-3-4-6-15(13)18)11(2)14-9-12(17)7-8-16(14)19/h3-11,17-19H,1-2H3. The third-order valence-corrected chi connectivity index (χ3v) is 3.68. The average molecular weight is 258 g/mol. The van der Waals surface area contributed by atoms with Gasteiger partial charge in [0.2, 0.25) is 0 Å². The highest BCUT2D eigenvalue weighted by Gasteiger charge is 2.21. The largest absolute Gasteiger partial charge is 0.508 e. The molecule has 2 aromatic rings. The monoisotopic (exact) mass is 258 g/mol. The van der Waals surface area contributed by atoms with Crippen LogP contribution in [0.25, 0.3) is 0 Å². The first-order valence-electron chi connectivity index (χ1n) is 6.30. The molecule has 2 aromatic carbocycles. The van der Waals surface area contributed by atoms with E-state index in [1.54, 1.807) is 18.2 Å². The summed E-state index contributed by atoms with van der Waals surface area (Å²) in [6, 6.07) is 11.7. The topological polar surface area (TPSA) is 60.7 Å². The molecule has 0 aliphatic rings. The first-order valence-corrected chi connectivity index (χ1v) is 6.30. The maximum Gasteiger partial charge on any atom is 0.119 e. The second-order valence-corrected chi connectivity index (χ2v) is 4.88. The summed E-state index contributed by atoms with van der Waals surface area (Å²) < 4.78 is 0. The van der Waals surface area contributed by atoms with Crippen LogP contribution in [0.4, 0.5) is 0 Å². The van der Waals surface area contributed by atoms with Gasteiger partial charge >= 0.3 is 0 Å². The van der Waals surface area contributed by atoms with Gasteiger partial charge in [0.25, 0.3) is 0 Å². The minimum atomic E-state index is -0.0274. The summed E-state index contributed by atoms with van der Waals surface area (Å²) in [5.41, 5.74) is 1.51. The van der Waals surface area contributed by atoms with Crippen molar-refractivity contribution >= 4 is 0 Å². The third kappa shape index (κ3) is 2.65. The van der Waals surface area contributed by atoms with E-state index in [-0.39, 0.29) is 29.1 Å². The molecule has 3 heteroatoms.